The number of fused-ring (bicyclic) bond motifs is 1. The smallest absolute Gasteiger partial charge is 0.146 e. The van der Waals surface area contributed by atoms with Gasteiger partial charge in [0.2, 0.25) is 0 Å². The first-order valence-electron chi connectivity index (χ1n) is 10.0. The van der Waals surface area contributed by atoms with Gasteiger partial charge in [-0.3, -0.25) is 0 Å². The van der Waals surface area contributed by atoms with Crippen molar-refractivity contribution in [2.75, 3.05) is 31.0 Å². The molecule has 2 heterocycles. The van der Waals surface area contributed by atoms with E-state index in [0.29, 0.717) is 35.1 Å². The van der Waals surface area contributed by atoms with Crippen LogP contribution in [0.3, 0.4) is 0 Å². The Morgan fingerprint density at radius 3 is 2.84 bits per heavy atom. The summed E-state index contributed by atoms with van der Waals surface area (Å²) in [5.74, 6) is 0.595. The molecule has 1 N–H and O–H groups in total. The zero-order valence-corrected chi connectivity index (χ0v) is 18.5. The fourth-order valence-corrected chi connectivity index (χ4v) is 4.20. The lowest BCUT2D eigenvalue weighted by Crippen LogP contribution is -2.28. The van der Waals surface area contributed by atoms with Gasteiger partial charge in [-0.2, -0.15) is 4.36 Å². The van der Waals surface area contributed by atoms with Crippen molar-refractivity contribution in [3.8, 4) is 5.75 Å². The molecule has 4 rings (SSSR count). The number of anilines is 2. The van der Waals surface area contributed by atoms with E-state index < -0.39 is 9.73 Å². The zero-order valence-electron chi connectivity index (χ0n) is 17.7. The lowest BCUT2D eigenvalue weighted by molar-refractivity contribution is 0.00763. The van der Waals surface area contributed by atoms with E-state index in [1.165, 1.54) is 18.5 Å². The Hall–Kier alpha value is -2.78. The fraction of sp³-hybridized carbons (Fsp3) is 0.364. The highest BCUT2D eigenvalue weighted by molar-refractivity contribution is 7.92. The number of halogens is 1. The van der Waals surface area contributed by atoms with Crippen LogP contribution in [0.1, 0.15) is 18.4 Å². The van der Waals surface area contributed by atoms with E-state index in [2.05, 4.69) is 19.6 Å². The highest BCUT2D eigenvalue weighted by Gasteiger charge is 2.18. The number of aromatic nitrogens is 2. The van der Waals surface area contributed by atoms with Gasteiger partial charge >= 0.3 is 0 Å². The van der Waals surface area contributed by atoms with Gasteiger partial charge in [-0.05, 0) is 49.6 Å². The van der Waals surface area contributed by atoms with Gasteiger partial charge in [-0.15, -0.1) is 0 Å². The summed E-state index contributed by atoms with van der Waals surface area (Å²) in [6.07, 6.45) is 6.27. The highest BCUT2D eigenvalue weighted by atomic mass is 32.2. The number of hydrogen-bond donors (Lipinski definition) is 1. The molecular weight excluding hydrogens is 419 g/mol. The molecule has 164 valence electrons. The molecule has 7 nitrogen and oxygen atoms in total. The van der Waals surface area contributed by atoms with Gasteiger partial charge in [0.25, 0.3) is 0 Å². The Bertz CT molecular complexity index is 1230. The molecule has 3 aromatic rings. The Morgan fingerprint density at radius 1 is 1.26 bits per heavy atom. The molecule has 1 aliphatic rings. The van der Waals surface area contributed by atoms with Gasteiger partial charge < -0.3 is 14.8 Å². The lowest BCUT2D eigenvalue weighted by atomic mass is 10.1. The molecular formula is C22H25FN4O3S. The van der Waals surface area contributed by atoms with Crippen molar-refractivity contribution >= 4 is 37.8 Å². The molecule has 0 saturated carbocycles. The molecule has 1 aromatic heterocycles. The van der Waals surface area contributed by atoms with Crippen molar-refractivity contribution in [3.63, 3.8) is 0 Å². The topological polar surface area (TPSA) is 85.7 Å². The third-order valence-corrected chi connectivity index (χ3v) is 5.50. The van der Waals surface area contributed by atoms with Crippen LogP contribution in [0.4, 0.5) is 21.6 Å². The summed E-state index contributed by atoms with van der Waals surface area (Å²) in [4.78, 5) is 8.75. The third kappa shape index (κ3) is 5.29. The summed E-state index contributed by atoms with van der Waals surface area (Å²) in [7, 11) is -2.29. The van der Waals surface area contributed by atoms with Gasteiger partial charge in [0.15, 0.2) is 0 Å². The van der Waals surface area contributed by atoms with E-state index in [4.69, 9.17) is 9.47 Å². The maximum atomic E-state index is 13.9. The van der Waals surface area contributed by atoms with Crippen LogP contribution in [0.5, 0.6) is 5.75 Å². The quantitative estimate of drug-likeness (QED) is 0.612. The summed E-state index contributed by atoms with van der Waals surface area (Å²) < 4.78 is 41.8. The van der Waals surface area contributed by atoms with Crippen molar-refractivity contribution in [2.45, 2.75) is 25.9 Å². The first kappa shape index (κ1) is 21.5. The average Bonchev–Trinajstić information content (AvgIpc) is 2.69. The number of benzene rings is 2. The molecule has 0 bridgehead atoms. The molecule has 1 saturated heterocycles. The van der Waals surface area contributed by atoms with Crippen molar-refractivity contribution in [3.05, 3.63) is 48.0 Å². The summed E-state index contributed by atoms with van der Waals surface area (Å²) >= 11 is 0. The minimum atomic E-state index is -2.29. The van der Waals surface area contributed by atoms with Gasteiger partial charge in [0, 0.05) is 40.3 Å². The van der Waals surface area contributed by atoms with Crippen LogP contribution in [0.2, 0.25) is 0 Å². The maximum absolute atomic E-state index is 13.9. The highest BCUT2D eigenvalue weighted by Crippen LogP contribution is 2.34. The Kier molecular flexibility index (Phi) is 6.06. The van der Waals surface area contributed by atoms with Crippen LogP contribution in [-0.4, -0.2) is 46.0 Å². The zero-order chi connectivity index (χ0) is 22.0. The molecule has 31 heavy (non-hydrogen) atoms. The molecule has 1 aliphatic heterocycles. The number of ether oxygens (including phenoxy) is 2. The molecule has 1 atom stereocenters. The van der Waals surface area contributed by atoms with Crippen molar-refractivity contribution < 1.29 is 18.1 Å². The summed E-state index contributed by atoms with van der Waals surface area (Å²) in [5, 5.41) is 4.07. The minimum absolute atomic E-state index is 0.123. The van der Waals surface area contributed by atoms with Gasteiger partial charge in [-0.1, -0.05) is 0 Å². The minimum Gasteiger partial charge on any atom is -0.486 e. The van der Waals surface area contributed by atoms with Gasteiger partial charge in [0.05, 0.1) is 23.5 Å². The van der Waals surface area contributed by atoms with E-state index in [0.717, 1.165) is 30.4 Å². The largest absolute Gasteiger partial charge is 0.486 e. The third-order valence-electron chi connectivity index (χ3n) is 4.85. The Labute approximate surface area is 181 Å². The van der Waals surface area contributed by atoms with E-state index >= 15 is 0 Å². The number of nitrogens with zero attached hydrogens (tertiary/aromatic N) is 3. The van der Waals surface area contributed by atoms with Crippen molar-refractivity contribution in [1.29, 1.82) is 0 Å². The summed E-state index contributed by atoms with van der Waals surface area (Å²) in [6, 6.07) is 8.00. The predicted octanol–water partition coefficient (Wildman–Crippen LogP) is 4.74. The summed E-state index contributed by atoms with van der Waals surface area (Å²) in [5.41, 5.74) is 2.76. The monoisotopic (exact) mass is 444 g/mol. The van der Waals surface area contributed by atoms with Crippen LogP contribution in [-0.2, 0) is 14.5 Å². The van der Waals surface area contributed by atoms with Crippen LogP contribution < -0.4 is 10.1 Å². The normalized spacial score (nSPS) is 16.8. The molecule has 0 aliphatic carbocycles. The van der Waals surface area contributed by atoms with Crippen LogP contribution in [0.15, 0.2) is 41.0 Å². The number of nitrogens with one attached hydrogen (secondary N) is 1. The van der Waals surface area contributed by atoms with Crippen LogP contribution >= 0.6 is 0 Å². The van der Waals surface area contributed by atoms with Crippen molar-refractivity contribution in [1.82, 2.24) is 9.97 Å². The molecule has 0 radical (unpaired) electrons. The fourth-order valence-electron chi connectivity index (χ4n) is 3.58. The van der Waals surface area contributed by atoms with E-state index in [9.17, 15) is 8.60 Å². The van der Waals surface area contributed by atoms with Gasteiger partial charge in [-0.25, -0.2) is 18.6 Å². The SMILES string of the molecule is Cc1cc(N=S(C)(C)=O)cc2ncnc(Nc3ccc(F)cc3O[C@@H]3CCCOC3)c12. The molecule has 9 heteroatoms. The number of rotatable bonds is 5. The van der Waals surface area contributed by atoms with Gasteiger partial charge in [0.1, 0.15) is 29.8 Å². The number of hydrogen-bond acceptors (Lipinski definition) is 7. The Morgan fingerprint density at radius 2 is 2.10 bits per heavy atom. The molecule has 0 spiro atoms. The average molecular weight is 445 g/mol. The molecule has 2 aromatic carbocycles. The first-order chi connectivity index (χ1) is 14.8. The Balaban J connectivity index is 1.71. The number of aryl methyl sites for hydroxylation is 1. The molecule has 0 amide bonds. The molecule has 1 fully saturated rings. The maximum Gasteiger partial charge on any atom is 0.146 e. The van der Waals surface area contributed by atoms with E-state index in [1.807, 2.05) is 13.0 Å². The summed E-state index contributed by atoms with van der Waals surface area (Å²) in [6.45, 7) is 3.12. The second-order valence-electron chi connectivity index (χ2n) is 7.87. The second-order valence-corrected chi connectivity index (χ2v) is 10.4. The lowest BCUT2D eigenvalue weighted by Gasteiger charge is -2.24. The van der Waals surface area contributed by atoms with E-state index in [1.54, 1.807) is 24.6 Å². The standard InChI is InChI=1S/C22H25FN4O3S/c1-14-9-16(27-31(2,3)28)11-19-21(14)22(25-13-24-19)26-18-7-6-15(23)10-20(18)30-17-5-4-8-29-12-17/h6-7,9-11,13,17H,4-5,8,12H2,1-3H3,(H,24,25,26)/t17-/m1/s1. The van der Waals surface area contributed by atoms with Crippen LogP contribution in [0.25, 0.3) is 10.9 Å². The van der Waals surface area contributed by atoms with Crippen molar-refractivity contribution in [2.24, 2.45) is 4.36 Å². The second kappa shape index (κ2) is 8.76. The van der Waals surface area contributed by atoms with Crippen LogP contribution in [0, 0.1) is 12.7 Å². The molecule has 0 unspecified atom stereocenters. The van der Waals surface area contributed by atoms with E-state index in [-0.39, 0.29) is 11.9 Å². The predicted molar refractivity (Wildman–Crippen MR) is 121 cm³/mol. The first-order valence-corrected chi connectivity index (χ1v) is 12.3.